The van der Waals surface area contributed by atoms with E-state index in [0.717, 1.165) is 18.7 Å². The van der Waals surface area contributed by atoms with Crippen LogP contribution in [0, 0.1) is 0 Å². The van der Waals surface area contributed by atoms with Crippen molar-refractivity contribution >= 4 is 6.03 Å². The summed E-state index contributed by atoms with van der Waals surface area (Å²) >= 11 is 0. The van der Waals surface area contributed by atoms with Gasteiger partial charge >= 0.3 is 6.03 Å². The number of fused-ring (bicyclic) bond motifs is 1. The van der Waals surface area contributed by atoms with Crippen LogP contribution in [-0.4, -0.2) is 17.1 Å². The number of nitrogens with zero attached hydrogens (tertiary/aromatic N) is 2. The fourth-order valence-electron chi connectivity index (χ4n) is 1.51. The summed E-state index contributed by atoms with van der Waals surface area (Å²) in [5.74, 6) is 0. The summed E-state index contributed by atoms with van der Waals surface area (Å²) in [7, 11) is 0. The molecule has 0 radical (unpaired) electrons. The zero-order valence-corrected chi connectivity index (χ0v) is 10.5. The van der Waals surface area contributed by atoms with Gasteiger partial charge in [0.15, 0.2) is 5.69 Å². The Morgan fingerprint density at radius 2 is 2.29 bits per heavy atom. The van der Waals surface area contributed by atoms with Crippen LogP contribution in [0.3, 0.4) is 0 Å². The van der Waals surface area contributed by atoms with Gasteiger partial charge in [-0.1, -0.05) is 0 Å². The van der Waals surface area contributed by atoms with Crippen LogP contribution >= 0.6 is 0 Å². The number of imidazole rings is 1. The topological polar surface area (TPSA) is 37.9 Å². The highest BCUT2D eigenvalue weighted by atomic mass is 127. The standard InChI is InChI=1S/C9H13N3O.HI/c1-7(2)11-5-8-3-4-10-9(13)12(8)6-11;/h5-7H,3-4H2,1-2H3;1H. The van der Waals surface area contributed by atoms with E-state index in [1.165, 1.54) is 0 Å². The first-order valence-electron chi connectivity index (χ1n) is 4.58. The predicted octanol–water partition coefficient (Wildman–Crippen LogP) is -2.53. The van der Waals surface area contributed by atoms with Crippen LogP contribution in [0.4, 0.5) is 4.79 Å². The molecule has 78 valence electrons. The quantitative estimate of drug-likeness (QED) is 0.451. The van der Waals surface area contributed by atoms with Gasteiger partial charge in [-0.25, -0.2) is 9.36 Å². The van der Waals surface area contributed by atoms with Crippen molar-refractivity contribution in [1.82, 2.24) is 9.88 Å². The predicted molar refractivity (Wildman–Crippen MR) is 47.5 cm³/mol. The van der Waals surface area contributed by atoms with Crippen LogP contribution in [0.15, 0.2) is 12.5 Å². The van der Waals surface area contributed by atoms with Crippen molar-refractivity contribution in [1.29, 1.82) is 0 Å². The zero-order chi connectivity index (χ0) is 9.42. The second-order valence-corrected chi connectivity index (χ2v) is 3.63. The highest BCUT2D eigenvalue weighted by molar-refractivity contribution is 5.78. The molecule has 0 saturated carbocycles. The van der Waals surface area contributed by atoms with Crippen molar-refractivity contribution in [2.24, 2.45) is 0 Å². The number of nitrogens with one attached hydrogen (secondary N) is 1. The average Bonchev–Trinajstić information content (AvgIpc) is 2.49. The molecule has 0 aromatic carbocycles. The number of halogens is 1. The van der Waals surface area contributed by atoms with Gasteiger partial charge in [-0.05, 0) is 13.8 Å². The van der Waals surface area contributed by atoms with Gasteiger partial charge in [-0.15, -0.1) is 4.57 Å². The first-order chi connectivity index (χ1) is 6.18. The Kier molecular flexibility index (Phi) is 3.52. The maximum absolute atomic E-state index is 11.4. The third kappa shape index (κ3) is 1.92. The van der Waals surface area contributed by atoms with Crippen molar-refractivity contribution in [3.8, 4) is 0 Å². The first kappa shape index (κ1) is 11.5. The molecule has 0 unspecified atom stereocenters. The van der Waals surface area contributed by atoms with Crippen molar-refractivity contribution in [3.05, 3.63) is 18.2 Å². The third-order valence-corrected chi connectivity index (χ3v) is 2.33. The van der Waals surface area contributed by atoms with Crippen LogP contribution in [0.2, 0.25) is 0 Å². The molecule has 2 rings (SSSR count). The molecule has 5 heteroatoms. The van der Waals surface area contributed by atoms with Crippen molar-refractivity contribution in [2.75, 3.05) is 6.54 Å². The molecule has 1 aliphatic heterocycles. The molecule has 0 fully saturated rings. The Hall–Kier alpha value is -0.590. The van der Waals surface area contributed by atoms with Gasteiger partial charge < -0.3 is 29.3 Å². The van der Waals surface area contributed by atoms with E-state index in [1.54, 1.807) is 4.57 Å². The molecule has 0 aliphatic carbocycles. The van der Waals surface area contributed by atoms with E-state index in [4.69, 9.17) is 0 Å². The van der Waals surface area contributed by atoms with Crippen LogP contribution in [0.25, 0.3) is 0 Å². The number of rotatable bonds is 1. The second-order valence-electron chi connectivity index (χ2n) is 3.63. The lowest BCUT2D eigenvalue weighted by atomic mass is 10.3. The molecule has 14 heavy (non-hydrogen) atoms. The fraction of sp³-hybridized carbons (Fsp3) is 0.556. The number of carbonyl (C=O) groups excluding carboxylic acids is 1. The molecule has 4 nitrogen and oxygen atoms in total. The van der Waals surface area contributed by atoms with Gasteiger partial charge in [0, 0.05) is 13.0 Å². The lowest BCUT2D eigenvalue weighted by Gasteiger charge is -2.07. The summed E-state index contributed by atoms with van der Waals surface area (Å²) in [5, 5.41) is 2.80. The SMILES string of the molecule is CC(C)[n+]1cc2n(c1)C(=O)NCC2.[I-]. The number of amides is 1. The Balaban J connectivity index is 0.000000980. The van der Waals surface area contributed by atoms with Gasteiger partial charge in [0.05, 0.1) is 6.04 Å². The lowest BCUT2D eigenvalue weighted by Crippen LogP contribution is -3.00. The van der Waals surface area contributed by atoms with Crippen LogP contribution in [-0.2, 0) is 6.42 Å². The van der Waals surface area contributed by atoms with E-state index < -0.39 is 0 Å². The molecule has 1 aromatic heterocycles. The van der Waals surface area contributed by atoms with Crippen molar-refractivity contribution in [2.45, 2.75) is 26.3 Å². The summed E-state index contributed by atoms with van der Waals surface area (Å²) in [5.41, 5.74) is 1.09. The summed E-state index contributed by atoms with van der Waals surface area (Å²) in [6, 6.07) is 0.395. The van der Waals surface area contributed by atoms with Gasteiger partial charge in [0.25, 0.3) is 6.33 Å². The Morgan fingerprint density at radius 1 is 1.57 bits per heavy atom. The molecule has 2 heterocycles. The van der Waals surface area contributed by atoms with Crippen LogP contribution < -0.4 is 33.9 Å². The molecule has 0 bridgehead atoms. The molecule has 0 saturated heterocycles. The van der Waals surface area contributed by atoms with Crippen LogP contribution in [0.5, 0.6) is 0 Å². The second kappa shape index (κ2) is 4.29. The monoisotopic (exact) mass is 307 g/mol. The van der Waals surface area contributed by atoms with Crippen molar-refractivity contribution < 1.29 is 33.3 Å². The highest BCUT2D eigenvalue weighted by Gasteiger charge is 2.24. The molecule has 1 N–H and O–H groups in total. The zero-order valence-electron chi connectivity index (χ0n) is 8.33. The van der Waals surface area contributed by atoms with E-state index in [2.05, 4.69) is 23.7 Å². The number of hydrogen-bond acceptors (Lipinski definition) is 1. The summed E-state index contributed by atoms with van der Waals surface area (Å²) in [4.78, 5) is 11.4. The number of hydrogen-bond donors (Lipinski definition) is 1. The summed E-state index contributed by atoms with van der Waals surface area (Å²) in [6.45, 7) is 4.95. The highest BCUT2D eigenvalue weighted by Crippen LogP contribution is 2.04. The maximum Gasteiger partial charge on any atom is 0.413 e. The minimum atomic E-state index is -0.0133. The minimum Gasteiger partial charge on any atom is -1.00 e. The van der Waals surface area contributed by atoms with E-state index in [-0.39, 0.29) is 30.0 Å². The van der Waals surface area contributed by atoms with Crippen molar-refractivity contribution in [3.63, 3.8) is 0 Å². The largest absolute Gasteiger partial charge is 1.00 e. The molecular weight excluding hydrogens is 293 g/mol. The third-order valence-electron chi connectivity index (χ3n) is 2.33. The van der Waals surface area contributed by atoms with E-state index in [9.17, 15) is 4.79 Å². The van der Waals surface area contributed by atoms with E-state index in [0.29, 0.717) is 6.04 Å². The first-order valence-corrected chi connectivity index (χ1v) is 4.58. The van der Waals surface area contributed by atoms with Crippen LogP contribution in [0.1, 0.15) is 25.6 Å². The number of aromatic nitrogens is 2. The molecule has 0 atom stereocenters. The van der Waals surface area contributed by atoms with Gasteiger partial charge in [0.2, 0.25) is 0 Å². The molecule has 1 aliphatic rings. The smallest absolute Gasteiger partial charge is 0.413 e. The van der Waals surface area contributed by atoms with Gasteiger partial charge in [-0.3, -0.25) is 0 Å². The molecule has 0 spiro atoms. The summed E-state index contributed by atoms with van der Waals surface area (Å²) in [6.07, 6.45) is 4.82. The van der Waals surface area contributed by atoms with Gasteiger partial charge in [0.1, 0.15) is 6.20 Å². The fourth-order valence-corrected chi connectivity index (χ4v) is 1.51. The van der Waals surface area contributed by atoms with E-state index in [1.807, 2.05) is 12.5 Å². The molecule has 1 aromatic rings. The Morgan fingerprint density at radius 3 is 2.86 bits per heavy atom. The minimum absolute atomic E-state index is 0. The average molecular weight is 307 g/mol. The summed E-state index contributed by atoms with van der Waals surface area (Å²) < 4.78 is 3.74. The maximum atomic E-state index is 11.4. The van der Waals surface area contributed by atoms with Gasteiger partial charge in [-0.2, -0.15) is 0 Å². The lowest BCUT2D eigenvalue weighted by molar-refractivity contribution is -0.715. The van der Waals surface area contributed by atoms with E-state index >= 15 is 0 Å². The Labute approximate surface area is 100 Å². The Bertz CT molecular complexity index is 346. The molecule has 1 amide bonds. The number of carbonyl (C=O) groups is 1. The molecular formula is C9H14IN3O. The normalized spacial score (nSPS) is 14.6.